The van der Waals surface area contributed by atoms with Gasteiger partial charge in [-0.05, 0) is 33.8 Å². The third-order valence-electron chi connectivity index (χ3n) is 4.67. The molecule has 26 heavy (non-hydrogen) atoms. The van der Waals surface area contributed by atoms with Crippen LogP contribution >= 0.6 is 0 Å². The molecule has 2 aromatic heterocycles. The first-order valence-electron chi connectivity index (χ1n) is 8.21. The van der Waals surface area contributed by atoms with Gasteiger partial charge in [-0.3, -0.25) is 15.1 Å². The summed E-state index contributed by atoms with van der Waals surface area (Å²) in [5.74, 6) is -0.0564. The third-order valence-corrected chi connectivity index (χ3v) is 4.67. The predicted molar refractivity (Wildman–Crippen MR) is 95.2 cm³/mol. The second-order valence-corrected chi connectivity index (χ2v) is 7.09. The Balaban J connectivity index is 1.82. The van der Waals surface area contributed by atoms with Crippen LogP contribution in [0.15, 0.2) is 36.8 Å². The minimum absolute atomic E-state index is 0.0564. The highest BCUT2D eigenvalue weighted by Gasteiger charge is 2.52. The molecule has 136 valence electrons. The van der Waals surface area contributed by atoms with Crippen molar-refractivity contribution in [3.63, 3.8) is 0 Å². The largest absolute Gasteiger partial charge is 0.496 e. The Morgan fingerprint density at radius 2 is 1.92 bits per heavy atom. The number of aromatic nitrogens is 2. The van der Waals surface area contributed by atoms with Gasteiger partial charge in [0.05, 0.1) is 16.1 Å². The normalized spacial score (nSPS) is 17.9. The SMILES string of the molecule is CC1(C)OB(c2cnc(OCc3cccnc3)c([N+](=O)[O-])c2)OC1(C)C. The molecule has 0 aliphatic carbocycles. The highest BCUT2D eigenvalue weighted by molar-refractivity contribution is 6.62. The zero-order valence-corrected chi connectivity index (χ0v) is 15.1. The molecule has 0 amide bonds. The van der Waals surface area contributed by atoms with Gasteiger partial charge in [-0.15, -0.1) is 0 Å². The fourth-order valence-electron chi connectivity index (χ4n) is 2.44. The molecule has 1 aliphatic heterocycles. The van der Waals surface area contributed by atoms with E-state index in [0.29, 0.717) is 5.46 Å². The summed E-state index contributed by atoms with van der Waals surface area (Å²) >= 11 is 0. The summed E-state index contributed by atoms with van der Waals surface area (Å²) in [7, 11) is -0.724. The van der Waals surface area contributed by atoms with Crippen molar-refractivity contribution in [1.29, 1.82) is 0 Å². The Labute approximate surface area is 151 Å². The average Bonchev–Trinajstić information content (AvgIpc) is 2.81. The Morgan fingerprint density at radius 3 is 2.50 bits per heavy atom. The first-order valence-corrected chi connectivity index (χ1v) is 8.21. The molecule has 0 N–H and O–H groups in total. The highest BCUT2D eigenvalue weighted by Crippen LogP contribution is 2.37. The van der Waals surface area contributed by atoms with Crippen LogP contribution in [0.5, 0.6) is 5.88 Å². The fraction of sp³-hybridized carbons (Fsp3) is 0.412. The quantitative estimate of drug-likeness (QED) is 0.460. The molecule has 0 atom stereocenters. The first kappa shape index (κ1) is 18.3. The van der Waals surface area contributed by atoms with Crippen molar-refractivity contribution in [3.05, 3.63) is 52.5 Å². The van der Waals surface area contributed by atoms with Crippen LogP contribution in [-0.2, 0) is 15.9 Å². The molecule has 0 saturated carbocycles. The zero-order valence-electron chi connectivity index (χ0n) is 15.1. The minimum Gasteiger partial charge on any atom is -0.468 e. The number of nitrogens with zero attached hydrogens (tertiary/aromatic N) is 3. The average molecular weight is 357 g/mol. The molecule has 1 fully saturated rings. The highest BCUT2D eigenvalue weighted by atomic mass is 16.7. The van der Waals surface area contributed by atoms with Crippen molar-refractivity contribution in [2.45, 2.75) is 45.5 Å². The number of rotatable bonds is 5. The van der Waals surface area contributed by atoms with Gasteiger partial charge in [0, 0.05) is 35.7 Å². The van der Waals surface area contributed by atoms with Crippen LogP contribution in [0.1, 0.15) is 33.3 Å². The van der Waals surface area contributed by atoms with E-state index in [9.17, 15) is 10.1 Å². The van der Waals surface area contributed by atoms with Gasteiger partial charge in [0.1, 0.15) is 6.61 Å². The molecule has 2 aromatic rings. The summed E-state index contributed by atoms with van der Waals surface area (Å²) in [5, 5.41) is 11.4. The van der Waals surface area contributed by atoms with Gasteiger partial charge < -0.3 is 14.0 Å². The Morgan fingerprint density at radius 1 is 1.23 bits per heavy atom. The molecular weight excluding hydrogens is 337 g/mol. The van der Waals surface area contributed by atoms with Gasteiger partial charge in [0.2, 0.25) is 0 Å². The van der Waals surface area contributed by atoms with E-state index in [1.165, 1.54) is 12.3 Å². The van der Waals surface area contributed by atoms with Gasteiger partial charge in [-0.1, -0.05) is 6.07 Å². The Hall–Kier alpha value is -2.52. The third kappa shape index (κ3) is 3.54. The lowest BCUT2D eigenvalue weighted by Gasteiger charge is -2.32. The smallest absolute Gasteiger partial charge is 0.468 e. The van der Waals surface area contributed by atoms with Crippen molar-refractivity contribution >= 4 is 18.3 Å². The summed E-state index contributed by atoms with van der Waals surface area (Å²) in [6.45, 7) is 7.80. The summed E-state index contributed by atoms with van der Waals surface area (Å²) in [6, 6.07) is 4.97. The van der Waals surface area contributed by atoms with Crippen molar-refractivity contribution in [3.8, 4) is 5.88 Å². The van der Waals surface area contributed by atoms with Crippen LogP contribution < -0.4 is 10.2 Å². The molecule has 0 aromatic carbocycles. The lowest BCUT2D eigenvalue weighted by Crippen LogP contribution is -2.41. The van der Waals surface area contributed by atoms with E-state index in [1.54, 1.807) is 18.5 Å². The molecule has 0 bridgehead atoms. The maximum atomic E-state index is 11.4. The van der Waals surface area contributed by atoms with E-state index in [-0.39, 0.29) is 18.2 Å². The second-order valence-electron chi connectivity index (χ2n) is 7.09. The number of hydrogen-bond acceptors (Lipinski definition) is 7. The van der Waals surface area contributed by atoms with Crippen LogP contribution in [0, 0.1) is 10.1 Å². The minimum atomic E-state index is -0.724. The van der Waals surface area contributed by atoms with E-state index >= 15 is 0 Å². The molecule has 0 spiro atoms. The van der Waals surface area contributed by atoms with Crippen LogP contribution in [-0.4, -0.2) is 33.2 Å². The van der Waals surface area contributed by atoms with Crippen LogP contribution in [0.2, 0.25) is 0 Å². The van der Waals surface area contributed by atoms with E-state index in [4.69, 9.17) is 14.0 Å². The van der Waals surface area contributed by atoms with Gasteiger partial charge in [-0.2, -0.15) is 0 Å². The molecule has 9 heteroatoms. The van der Waals surface area contributed by atoms with Gasteiger partial charge in [0.25, 0.3) is 5.88 Å². The summed E-state index contributed by atoms with van der Waals surface area (Å²) < 4.78 is 17.3. The molecule has 0 radical (unpaired) electrons. The van der Waals surface area contributed by atoms with E-state index < -0.39 is 23.2 Å². The van der Waals surface area contributed by atoms with Crippen molar-refractivity contribution in [2.75, 3.05) is 0 Å². The molecular formula is C17H20BN3O5. The number of nitro groups is 1. The lowest BCUT2D eigenvalue weighted by molar-refractivity contribution is -0.386. The standard InChI is InChI=1S/C17H20BN3O5/c1-16(2)17(3,4)26-18(25-16)13-8-14(21(22)23)15(20-10-13)24-11-12-6-5-7-19-9-12/h5-10H,11H2,1-4H3. The van der Waals surface area contributed by atoms with E-state index in [2.05, 4.69) is 9.97 Å². The van der Waals surface area contributed by atoms with Gasteiger partial charge >= 0.3 is 12.8 Å². The van der Waals surface area contributed by atoms with Crippen LogP contribution in [0.3, 0.4) is 0 Å². The molecule has 8 nitrogen and oxygen atoms in total. The maximum Gasteiger partial charge on any atom is 0.496 e. The topological polar surface area (TPSA) is 96.6 Å². The van der Waals surface area contributed by atoms with Gasteiger partial charge in [0.15, 0.2) is 0 Å². The van der Waals surface area contributed by atoms with Crippen molar-refractivity contribution in [1.82, 2.24) is 9.97 Å². The van der Waals surface area contributed by atoms with Crippen LogP contribution in [0.4, 0.5) is 5.69 Å². The molecule has 1 aliphatic rings. The molecule has 0 unspecified atom stereocenters. The Kier molecular flexibility index (Phi) is 4.68. The van der Waals surface area contributed by atoms with Crippen LogP contribution in [0.25, 0.3) is 0 Å². The first-order chi connectivity index (χ1) is 12.2. The molecule has 3 rings (SSSR count). The van der Waals surface area contributed by atoms with Crippen molar-refractivity contribution in [2.24, 2.45) is 0 Å². The monoisotopic (exact) mass is 357 g/mol. The number of ether oxygens (including phenoxy) is 1. The number of pyridine rings is 2. The van der Waals surface area contributed by atoms with Crippen molar-refractivity contribution < 1.29 is 19.0 Å². The summed E-state index contributed by atoms with van der Waals surface area (Å²) in [5.41, 5.74) is -0.0482. The summed E-state index contributed by atoms with van der Waals surface area (Å²) in [4.78, 5) is 19.0. The molecule has 3 heterocycles. The van der Waals surface area contributed by atoms with Gasteiger partial charge in [-0.25, -0.2) is 4.98 Å². The lowest BCUT2D eigenvalue weighted by atomic mass is 9.80. The zero-order chi connectivity index (χ0) is 18.9. The predicted octanol–water partition coefficient (Wildman–Crippen LogP) is 2.26. The summed E-state index contributed by atoms with van der Waals surface area (Å²) in [6.07, 6.45) is 4.75. The van der Waals surface area contributed by atoms with E-state index in [1.807, 2.05) is 33.8 Å². The second kappa shape index (κ2) is 6.66. The fourth-order valence-corrected chi connectivity index (χ4v) is 2.44. The van der Waals surface area contributed by atoms with E-state index in [0.717, 1.165) is 5.56 Å². The Bertz CT molecular complexity index is 797. The maximum absolute atomic E-state index is 11.4. The molecule has 1 saturated heterocycles. The number of hydrogen-bond donors (Lipinski definition) is 0.